The molecule has 0 amide bonds. The quantitative estimate of drug-likeness (QED) is 0.569. The van der Waals surface area contributed by atoms with E-state index < -0.39 is 21.9 Å². The molecule has 0 aliphatic heterocycles. The maximum atomic E-state index is 12.5. The molecule has 138 valence electrons. The Balaban J connectivity index is 2.21. The second-order valence-electron chi connectivity index (χ2n) is 6.13. The molecule has 0 spiro atoms. The average molecular weight is 395 g/mol. The predicted octanol–water partition coefficient (Wildman–Crippen LogP) is 3.79. The van der Waals surface area contributed by atoms with Gasteiger partial charge in [0.15, 0.2) is 15.9 Å². The normalized spacial score (nSPS) is 12.5. The summed E-state index contributed by atoms with van der Waals surface area (Å²) in [6.07, 6.45) is -0.0168. The zero-order valence-corrected chi connectivity index (χ0v) is 16.4. The van der Waals surface area contributed by atoms with E-state index in [1.54, 1.807) is 12.1 Å². The molecule has 0 aliphatic rings. The summed E-state index contributed by atoms with van der Waals surface area (Å²) in [6, 6.07) is 9.06. The van der Waals surface area contributed by atoms with E-state index in [2.05, 4.69) is 0 Å². The lowest BCUT2D eigenvalue weighted by atomic mass is 10.0. The molecule has 0 saturated carbocycles. The summed E-state index contributed by atoms with van der Waals surface area (Å²) >= 11 is 5.86. The van der Waals surface area contributed by atoms with Crippen LogP contribution in [0.5, 0.6) is 0 Å². The van der Waals surface area contributed by atoms with Gasteiger partial charge >= 0.3 is 5.97 Å². The number of halogens is 1. The van der Waals surface area contributed by atoms with Gasteiger partial charge in [0, 0.05) is 11.8 Å². The molecule has 0 saturated heterocycles. The molecular weight excluding hydrogens is 376 g/mol. The zero-order chi connectivity index (χ0) is 19.6. The molecule has 0 unspecified atom stereocenters. The molecule has 0 aliphatic carbocycles. The molecule has 5 nitrogen and oxygen atoms in total. The predicted molar refractivity (Wildman–Crippen MR) is 99.7 cm³/mol. The summed E-state index contributed by atoms with van der Waals surface area (Å²) in [4.78, 5) is 24.6. The van der Waals surface area contributed by atoms with Gasteiger partial charge in [0.25, 0.3) is 0 Å². The third-order valence-electron chi connectivity index (χ3n) is 4.01. The van der Waals surface area contributed by atoms with Gasteiger partial charge < -0.3 is 4.74 Å². The Kier molecular flexibility index (Phi) is 5.88. The molecule has 0 fully saturated rings. The molecule has 0 aromatic heterocycles. The number of ether oxygens (including phenoxy) is 1. The summed E-state index contributed by atoms with van der Waals surface area (Å²) in [5.41, 5.74) is 2.47. The van der Waals surface area contributed by atoms with E-state index >= 15 is 0 Å². The summed E-state index contributed by atoms with van der Waals surface area (Å²) in [5, 5.41) is 0.0169. The van der Waals surface area contributed by atoms with Crippen molar-refractivity contribution in [2.24, 2.45) is 0 Å². The Morgan fingerprint density at radius 3 is 2.19 bits per heavy atom. The van der Waals surface area contributed by atoms with Crippen molar-refractivity contribution >= 4 is 33.2 Å². The minimum atomic E-state index is -3.59. The zero-order valence-electron chi connectivity index (χ0n) is 14.9. The highest BCUT2D eigenvalue weighted by Crippen LogP contribution is 2.23. The van der Waals surface area contributed by atoms with Crippen LogP contribution in [0.15, 0.2) is 41.3 Å². The fraction of sp³-hybridized carbons (Fsp3) is 0.263. The number of aryl methyl sites for hydroxylation is 2. The lowest BCUT2D eigenvalue weighted by Crippen LogP contribution is -2.24. The number of Topliss-reactive ketones (excluding diaryl/α,β-unsaturated/α-hetero) is 1. The van der Waals surface area contributed by atoms with Crippen LogP contribution >= 0.6 is 11.6 Å². The van der Waals surface area contributed by atoms with E-state index in [-0.39, 0.29) is 21.3 Å². The Labute approximate surface area is 157 Å². The van der Waals surface area contributed by atoms with Gasteiger partial charge in [-0.15, -0.1) is 0 Å². The van der Waals surface area contributed by atoms with Crippen molar-refractivity contribution in [3.63, 3.8) is 0 Å². The molecule has 0 heterocycles. The number of hydrogen-bond acceptors (Lipinski definition) is 5. The summed E-state index contributed by atoms with van der Waals surface area (Å²) < 4.78 is 28.6. The highest BCUT2D eigenvalue weighted by Gasteiger charge is 2.22. The molecule has 0 radical (unpaired) electrons. The van der Waals surface area contributed by atoms with Gasteiger partial charge in [-0.3, -0.25) is 4.79 Å². The van der Waals surface area contributed by atoms with Crippen LogP contribution in [0, 0.1) is 13.8 Å². The molecule has 7 heteroatoms. The van der Waals surface area contributed by atoms with E-state index in [1.165, 1.54) is 19.1 Å². The van der Waals surface area contributed by atoms with Crippen molar-refractivity contribution in [2.75, 3.05) is 6.26 Å². The first-order chi connectivity index (χ1) is 12.0. The smallest absolute Gasteiger partial charge is 0.338 e. The van der Waals surface area contributed by atoms with Crippen molar-refractivity contribution in [1.82, 2.24) is 0 Å². The fourth-order valence-electron chi connectivity index (χ4n) is 2.33. The maximum absolute atomic E-state index is 12.5. The average Bonchev–Trinajstić information content (AvgIpc) is 2.55. The summed E-state index contributed by atoms with van der Waals surface area (Å²) in [6.45, 7) is 5.30. The third kappa shape index (κ3) is 4.51. The second kappa shape index (κ2) is 7.60. The first-order valence-corrected chi connectivity index (χ1v) is 10.1. The van der Waals surface area contributed by atoms with Gasteiger partial charge in [-0.2, -0.15) is 0 Å². The number of carbonyl (C=O) groups is 2. The number of benzene rings is 2. The van der Waals surface area contributed by atoms with Gasteiger partial charge in [0.05, 0.1) is 15.5 Å². The standard InChI is InChI=1S/C19H19ClO5S/c1-11-5-6-14(9-12(11)2)18(21)13(3)25-19(22)15-7-8-16(20)17(10-15)26(4,23)24/h5-10,13H,1-4H3/t13-/m0/s1. The first-order valence-electron chi connectivity index (χ1n) is 7.82. The number of carbonyl (C=O) groups excluding carboxylic acids is 2. The van der Waals surface area contributed by atoms with Crippen LogP contribution in [-0.4, -0.2) is 32.5 Å². The lowest BCUT2D eigenvalue weighted by molar-refractivity contribution is 0.0318. The van der Waals surface area contributed by atoms with E-state index in [4.69, 9.17) is 16.3 Å². The Morgan fingerprint density at radius 1 is 1.00 bits per heavy atom. The number of ketones is 1. The highest BCUT2D eigenvalue weighted by atomic mass is 35.5. The molecule has 1 atom stereocenters. The minimum absolute atomic E-state index is 0.00885. The number of esters is 1. The SMILES string of the molecule is Cc1ccc(C(=O)[C@H](C)OC(=O)c2ccc(Cl)c(S(C)(=O)=O)c2)cc1C. The van der Waals surface area contributed by atoms with Crippen LogP contribution in [0.3, 0.4) is 0 Å². The fourth-order valence-corrected chi connectivity index (χ4v) is 3.63. The number of hydrogen-bond donors (Lipinski definition) is 0. The van der Waals surface area contributed by atoms with Crippen LogP contribution in [0.1, 0.15) is 38.8 Å². The Morgan fingerprint density at radius 2 is 1.62 bits per heavy atom. The monoisotopic (exact) mass is 394 g/mol. The molecule has 2 aromatic carbocycles. The molecule has 2 rings (SSSR count). The van der Waals surface area contributed by atoms with Gasteiger partial charge in [-0.25, -0.2) is 13.2 Å². The number of rotatable bonds is 5. The van der Waals surface area contributed by atoms with Crippen molar-refractivity contribution in [3.8, 4) is 0 Å². The first kappa shape index (κ1) is 20.1. The largest absolute Gasteiger partial charge is 0.451 e. The Bertz CT molecular complexity index is 979. The van der Waals surface area contributed by atoms with Crippen LogP contribution in [0.4, 0.5) is 0 Å². The maximum Gasteiger partial charge on any atom is 0.338 e. The van der Waals surface area contributed by atoms with E-state index in [0.717, 1.165) is 23.4 Å². The summed E-state index contributed by atoms with van der Waals surface area (Å²) in [5.74, 6) is -1.13. The van der Waals surface area contributed by atoms with E-state index in [9.17, 15) is 18.0 Å². The molecule has 26 heavy (non-hydrogen) atoms. The second-order valence-corrected chi connectivity index (χ2v) is 8.52. The van der Waals surface area contributed by atoms with Gasteiger partial charge in [0.2, 0.25) is 5.78 Å². The van der Waals surface area contributed by atoms with Crippen LogP contribution < -0.4 is 0 Å². The van der Waals surface area contributed by atoms with E-state index in [0.29, 0.717) is 5.56 Å². The van der Waals surface area contributed by atoms with Crippen molar-refractivity contribution in [3.05, 3.63) is 63.7 Å². The third-order valence-corrected chi connectivity index (χ3v) is 5.59. The van der Waals surface area contributed by atoms with Crippen LogP contribution in [-0.2, 0) is 14.6 Å². The molecule has 0 N–H and O–H groups in total. The van der Waals surface area contributed by atoms with Crippen molar-refractivity contribution < 1.29 is 22.7 Å². The van der Waals surface area contributed by atoms with Crippen LogP contribution in [0.2, 0.25) is 5.02 Å². The van der Waals surface area contributed by atoms with Crippen molar-refractivity contribution in [2.45, 2.75) is 31.8 Å². The van der Waals surface area contributed by atoms with E-state index in [1.807, 2.05) is 19.9 Å². The molecular formula is C19H19ClO5S. The van der Waals surface area contributed by atoms with Gasteiger partial charge in [0.1, 0.15) is 0 Å². The topological polar surface area (TPSA) is 77.5 Å². The molecule has 2 aromatic rings. The van der Waals surface area contributed by atoms with Gasteiger partial charge in [-0.05, 0) is 56.2 Å². The van der Waals surface area contributed by atoms with Crippen molar-refractivity contribution in [1.29, 1.82) is 0 Å². The number of sulfone groups is 1. The Hall–Kier alpha value is -2.18. The minimum Gasteiger partial charge on any atom is -0.451 e. The van der Waals surface area contributed by atoms with Crippen LogP contribution in [0.25, 0.3) is 0 Å². The molecule has 0 bridgehead atoms. The highest BCUT2D eigenvalue weighted by molar-refractivity contribution is 7.90. The van der Waals surface area contributed by atoms with Gasteiger partial charge in [-0.1, -0.05) is 23.7 Å². The lowest BCUT2D eigenvalue weighted by Gasteiger charge is -2.14. The summed E-state index contributed by atoms with van der Waals surface area (Å²) in [7, 11) is -3.59.